The van der Waals surface area contributed by atoms with Gasteiger partial charge in [-0.3, -0.25) is 9.78 Å². The average molecular weight is 279 g/mol. The van der Waals surface area contributed by atoms with Gasteiger partial charge in [-0.25, -0.2) is 4.79 Å². The fourth-order valence-corrected chi connectivity index (χ4v) is 1.61. The van der Waals surface area contributed by atoms with Crippen LogP contribution < -0.4 is 10.6 Å². The SMILES string of the molecule is CCC(C)(CNC(=O)NC(C)c1ccncc1)C(=O)O. The molecule has 2 amide bonds. The summed E-state index contributed by atoms with van der Waals surface area (Å²) in [6.45, 7) is 5.34. The van der Waals surface area contributed by atoms with Crippen molar-refractivity contribution in [3.63, 3.8) is 0 Å². The quantitative estimate of drug-likeness (QED) is 0.742. The summed E-state index contributed by atoms with van der Waals surface area (Å²) in [5.41, 5.74) is -0.0105. The standard InChI is InChI=1S/C14H21N3O3/c1-4-14(3,12(18)19)9-16-13(20)17-10(2)11-5-7-15-8-6-11/h5-8,10H,4,9H2,1-3H3,(H,18,19)(H2,16,17,20). The van der Waals surface area contributed by atoms with Crippen molar-refractivity contribution < 1.29 is 14.7 Å². The Morgan fingerprint density at radius 3 is 2.50 bits per heavy atom. The number of aromatic nitrogens is 1. The number of carbonyl (C=O) groups excluding carboxylic acids is 1. The van der Waals surface area contributed by atoms with E-state index in [4.69, 9.17) is 5.11 Å². The van der Waals surface area contributed by atoms with Crippen LogP contribution >= 0.6 is 0 Å². The van der Waals surface area contributed by atoms with Gasteiger partial charge in [0.25, 0.3) is 0 Å². The molecule has 6 heteroatoms. The van der Waals surface area contributed by atoms with Crippen molar-refractivity contribution in [2.24, 2.45) is 5.41 Å². The first-order valence-corrected chi connectivity index (χ1v) is 6.56. The third kappa shape index (κ3) is 4.22. The molecule has 1 aromatic rings. The van der Waals surface area contributed by atoms with Gasteiger partial charge >= 0.3 is 12.0 Å². The first-order chi connectivity index (χ1) is 9.39. The Kier molecular flexibility index (Phi) is 5.49. The summed E-state index contributed by atoms with van der Waals surface area (Å²) in [5.74, 6) is -0.914. The van der Waals surface area contributed by atoms with Crippen LogP contribution in [0.1, 0.15) is 38.8 Å². The van der Waals surface area contributed by atoms with Crippen LogP contribution in [0, 0.1) is 5.41 Å². The number of rotatable bonds is 6. The maximum absolute atomic E-state index is 11.8. The fourth-order valence-electron chi connectivity index (χ4n) is 1.61. The lowest BCUT2D eigenvalue weighted by molar-refractivity contribution is -0.147. The van der Waals surface area contributed by atoms with Gasteiger partial charge in [0.15, 0.2) is 0 Å². The Morgan fingerprint density at radius 2 is 2.00 bits per heavy atom. The monoisotopic (exact) mass is 279 g/mol. The maximum atomic E-state index is 11.8. The second kappa shape index (κ2) is 6.88. The van der Waals surface area contributed by atoms with E-state index >= 15 is 0 Å². The summed E-state index contributed by atoms with van der Waals surface area (Å²) in [5, 5.41) is 14.5. The lowest BCUT2D eigenvalue weighted by Crippen LogP contribution is -2.45. The van der Waals surface area contributed by atoms with Crippen molar-refractivity contribution in [3.05, 3.63) is 30.1 Å². The van der Waals surface area contributed by atoms with Crippen molar-refractivity contribution in [1.82, 2.24) is 15.6 Å². The molecule has 0 aliphatic rings. The highest BCUT2D eigenvalue weighted by molar-refractivity contribution is 5.78. The normalized spacial score (nSPS) is 14.9. The third-order valence-electron chi connectivity index (χ3n) is 3.49. The first-order valence-electron chi connectivity index (χ1n) is 6.56. The summed E-state index contributed by atoms with van der Waals surface area (Å²) in [6.07, 6.45) is 3.76. The third-order valence-corrected chi connectivity index (χ3v) is 3.49. The van der Waals surface area contributed by atoms with E-state index in [0.717, 1.165) is 5.56 Å². The molecule has 0 aliphatic carbocycles. The Labute approximate surface area is 118 Å². The van der Waals surface area contributed by atoms with E-state index in [1.54, 1.807) is 26.2 Å². The van der Waals surface area contributed by atoms with Crippen LogP contribution in [0.5, 0.6) is 0 Å². The molecule has 3 N–H and O–H groups in total. The molecule has 1 aromatic heterocycles. The summed E-state index contributed by atoms with van der Waals surface area (Å²) >= 11 is 0. The number of carboxylic acid groups (broad SMARTS) is 1. The van der Waals surface area contributed by atoms with E-state index in [1.165, 1.54) is 0 Å². The molecule has 0 aromatic carbocycles. The smallest absolute Gasteiger partial charge is 0.315 e. The van der Waals surface area contributed by atoms with Gasteiger partial charge in [0.05, 0.1) is 11.5 Å². The number of hydrogen-bond donors (Lipinski definition) is 3. The Bertz CT molecular complexity index is 464. The number of nitrogens with zero attached hydrogens (tertiary/aromatic N) is 1. The van der Waals surface area contributed by atoms with Crippen molar-refractivity contribution in [3.8, 4) is 0 Å². The van der Waals surface area contributed by atoms with Gasteiger partial charge < -0.3 is 15.7 Å². The van der Waals surface area contributed by atoms with Crippen molar-refractivity contribution in [1.29, 1.82) is 0 Å². The van der Waals surface area contributed by atoms with Crippen LogP contribution in [0.25, 0.3) is 0 Å². The van der Waals surface area contributed by atoms with E-state index in [0.29, 0.717) is 6.42 Å². The summed E-state index contributed by atoms with van der Waals surface area (Å²) in [7, 11) is 0. The second-order valence-corrected chi connectivity index (χ2v) is 5.05. The molecular weight excluding hydrogens is 258 g/mol. The number of pyridine rings is 1. The van der Waals surface area contributed by atoms with Gasteiger partial charge in [0, 0.05) is 18.9 Å². The molecule has 1 rings (SSSR count). The van der Waals surface area contributed by atoms with Crippen molar-refractivity contribution >= 4 is 12.0 Å². The van der Waals surface area contributed by atoms with Crippen LogP contribution in [0.2, 0.25) is 0 Å². The number of urea groups is 1. The van der Waals surface area contributed by atoms with Crippen LogP contribution in [0.3, 0.4) is 0 Å². The summed E-state index contributed by atoms with van der Waals surface area (Å²) in [4.78, 5) is 26.8. The molecular formula is C14H21N3O3. The molecule has 0 saturated heterocycles. The number of hydrogen-bond acceptors (Lipinski definition) is 3. The molecule has 20 heavy (non-hydrogen) atoms. The molecule has 6 nitrogen and oxygen atoms in total. The zero-order valence-corrected chi connectivity index (χ0v) is 12.0. The van der Waals surface area contributed by atoms with E-state index < -0.39 is 11.4 Å². The number of amides is 2. The molecule has 0 fully saturated rings. The predicted molar refractivity (Wildman–Crippen MR) is 75.2 cm³/mol. The number of carboxylic acids is 1. The van der Waals surface area contributed by atoms with E-state index in [-0.39, 0.29) is 18.6 Å². The van der Waals surface area contributed by atoms with Gasteiger partial charge in [0.2, 0.25) is 0 Å². The Hall–Kier alpha value is -2.11. The fraction of sp³-hybridized carbons (Fsp3) is 0.500. The minimum Gasteiger partial charge on any atom is -0.481 e. The summed E-state index contributed by atoms with van der Waals surface area (Å²) in [6, 6.07) is 3.09. The average Bonchev–Trinajstić information content (AvgIpc) is 2.45. The van der Waals surface area contributed by atoms with E-state index in [2.05, 4.69) is 15.6 Å². The first kappa shape index (κ1) is 15.9. The van der Waals surface area contributed by atoms with Crippen LogP contribution in [0.15, 0.2) is 24.5 Å². The molecule has 2 atom stereocenters. The summed E-state index contributed by atoms with van der Waals surface area (Å²) < 4.78 is 0. The lowest BCUT2D eigenvalue weighted by Gasteiger charge is -2.24. The zero-order valence-electron chi connectivity index (χ0n) is 12.0. The number of carbonyl (C=O) groups is 2. The highest BCUT2D eigenvalue weighted by Crippen LogP contribution is 2.19. The second-order valence-electron chi connectivity index (χ2n) is 5.05. The van der Waals surface area contributed by atoms with Gasteiger partial charge in [-0.1, -0.05) is 6.92 Å². The van der Waals surface area contributed by atoms with Gasteiger partial charge in [-0.2, -0.15) is 0 Å². The molecule has 110 valence electrons. The Balaban J connectivity index is 2.50. The minimum atomic E-state index is -0.947. The molecule has 2 unspecified atom stereocenters. The highest BCUT2D eigenvalue weighted by atomic mass is 16.4. The molecule has 0 spiro atoms. The van der Waals surface area contributed by atoms with Gasteiger partial charge in [-0.05, 0) is 38.0 Å². The van der Waals surface area contributed by atoms with E-state index in [9.17, 15) is 9.59 Å². The van der Waals surface area contributed by atoms with E-state index in [1.807, 2.05) is 19.1 Å². The number of nitrogens with one attached hydrogen (secondary N) is 2. The number of aliphatic carboxylic acids is 1. The van der Waals surface area contributed by atoms with Crippen LogP contribution in [-0.4, -0.2) is 28.6 Å². The maximum Gasteiger partial charge on any atom is 0.315 e. The van der Waals surface area contributed by atoms with Crippen LogP contribution in [0.4, 0.5) is 4.79 Å². The molecule has 0 aliphatic heterocycles. The zero-order chi connectivity index (χ0) is 15.2. The predicted octanol–water partition coefficient (Wildman–Crippen LogP) is 1.94. The minimum absolute atomic E-state index is 0.0910. The van der Waals surface area contributed by atoms with Crippen molar-refractivity contribution in [2.75, 3.05) is 6.54 Å². The van der Waals surface area contributed by atoms with Crippen molar-refractivity contribution in [2.45, 2.75) is 33.2 Å². The molecule has 0 bridgehead atoms. The van der Waals surface area contributed by atoms with Gasteiger partial charge in [0.1, 0.15) is 0 Å². The largest absolute Gasteiger partial charge is 0.481 e. The molecule has 0 saturated carbocycles. The Morgan fingerprint density at radius 1 is 1.40 bits per heavy atom. The molecule has 1 heterocycles. The van der Waals surface area contributed by atoms with Crippen LogP contribution in [-0.2, 0) is 4.79 Å². The topological polar surface area (TPSA) is 91.3 Å². The lowest BCUT2D eigenvalue weighted by atomic mass is 9.88. The van der Waals surface area contributed by atoms with Gasteiger partial charge in [-0.15, -0.1) is 0 Å². The molecule has 0 radical (unpaired) electrons. The highest BCUT2D eigenvalue weighted by Gasteiger charge is 2.31.